The average Bonchev–Trinajstić information content (AvgIpc) is 2.39. The number of rotatable bonds is 8. The highest BCUT2D eigenvalue weighted by Crippen LogP contribution is 2.03. The fourth-order valence-electron chi connectivity index (χ4n) is 1.33. The number of nitrogens with one attached hydrogen (secondary N) is 2. The van der Waals surface area contributed by atoms with Gasteiger partial charge in [0.25, 0.3) is 0 Å². The Morgan fingerprint density at radius 2 is 1.75 bits per heavy atom. The van der Waals surface area contributed by atoms with Crippen LogP contribution in [0.3, 0.4) is 0 Å². The number of nitrogens with two attached hydrogens (primary N) is 1. The van der Waals surface area contributed by atoms with Crippen LogP contribution in [-0.4, -0.2) is 58.5 Å². The maximum absolute atomic E-state index is 12.0. The molecule has 20 heavy (non-hydrogen) atoms. The monoisotopic (exact) mass is 307 g/mol. The van der Waals surface area contributed by atoms with Crippen LogP contribution < -0.4 is 16.4 Å². The molecule has 2 amide bonds. The van der Waals surface area contributed by atoms with Crippen molar-refractivity contribution in [1.29, 1.82) is 0 Å². The van der Waals surface area contributed by atoms with Gasteiger partial charge >= 0.3 is 5.97 Å². The van der Waals surface area contributed by atoms with E-state index in [1.54, 1.807) is 13.8 Å². The normalized spacial score (nSPS) is 15.3. The summed E-state index contributed by atoms with van der Waals surface area (Å²) in [5.74, 6) is -2.89. The topological polar surface area (TPSA) is 142 Å². The molecule has 116 valence electrons. The number of carboxylic acid groups (broad SMARTS) is 1. The second-order valence-electron chi connectivity index (χ2n) is 4.60. The van der Waals surface area contributed by atoms with Crippen molar-refractivity contribution in [3.05, 3.63) is 0 Å². The minimum atomic E-state index is -1.21. The number of aliphatic hydroxyl groups excluding tert-OH is 1. The van der Waals surface area contributed by atoms with E-state index in [0.29, 0.717) is 0 Å². The Kier molecular flexibility index (Phi) is 8.19. The van der Waals surface area contributed by atoms with Crippen molar-refractivity contribution in [1.82, 2.24) is 10.6 Å². The molecule has 0 saturated heterocycles. The van der Waals surface area contributed by atoms with Crippen molar-refractivity contribution in [2.75, 3.05) is 12.4 Å². The molecule has 0 bridgehead atoms. The first kappa shape index (κ1) is 18.7. The molecule has 8 nitrogen and oxygen atoms in total. The Balaban J connectivity index is 4.79. The fourth-order valence-corrected chi connectivity index (χ4v) is 1.57. The van der Waals surface area contributed by atoms with Crippen molar-refractivity contribution in [3.63, 3.8) is 0 Å². The highest BCUT2D eigenvalue weighted by atomic mass is 32.1. The number of hydrogen-bond donors (Lipinski definition) is 6. The molecule has 0 aliphatic rings. The second-order valence-corrected chi connectivity index (χ2v) is 4.97. The van der Waals surface area contributed by atoms with E-state index in [4.69, 9.17) is 15.9 Å². The number of thiol groups is 1. The first-order chi connectivity index (χ1) is 9.24. The van der Waals surface area contributed by atoms with E-state index in [9.17, 15) is 14.4 Å². The Bertz CT molecular complexity index is 364. The third-order valence-corrected chi connectivity index (χ3v) is 2.94. The number of aliphatic carboxylic acids is 1. The van der Waals surface area contributed by atoms with Crippen LogP contribution in [0.2, 0.25) is 0 Å². The number of hydrogen-bond acceptors (Lipinski definition) is 6. The number of carbonyl (C=O) groups is 3. The van der Waals surface area contributed by atoms with Gasteiger partial charge in [-0.1, -0.05) is 13.8 Å². The van der Waals surface area contributed by atoms with Gasteiger partial charge in [0.2, 0.25) is 11.8 Å². The largest absolute Gasteiger partial charge is 0.480 e. The summed E-state index contributed by atoms with van der Waals surface area (Å²) in [6, 6.07) is -3.22. The van der Waals surface area contributed by atoms with Gasteiger partial charge in [-0.15, -0.1) is 0 Å². The van der Waals surface area contributed by atoms with E-state index in [-0.39, 0.29) is 11.7 Å². The summed E-state index contributed by atoms with van der Waals surface area (Å²) in [6.07, 6.45) is 0. The van der Waals surface area contributed by atoms with E-state index in [1.165, 1.54) is 0 Å². The third kappa shape index (κ3) is 5.76. The second kappa shape index (κ2) is 8.77. The first-order valence-corrected chi connectivity index (χ1v) is 6.68. The SMILES string of the molecule is CC(C)C(NC(=O)C(N)CO)C(=O)NC(CS)C(=O)O. The standard InChI is InChI=1S/C11H21N3O5S/c1-5(2)8(14-9(16)6(12)3-15)10(17)13-7(4-20)11(18)19/h5-8,15,20H,3-4,12H2,1-2H3,(H,13,17)(H,14,16)(H,18,19). The van der Waals surface area contributed by atoms with Crippen molar-refractivity contribution < 1.29 is 24.6 Å². The lowest BCUT2D eigenvalue weighted by atomic mass is 10.0. The van der Waals surface area contributed by atoms with Gasteiger partial charge in [0.15, 0.2) is 0 Å². The van der Waals surface area contributed by atoms with Gasteiger partial charge in [0.1, 0.15) is 18.1 Å². The molecule has 0 aliphatic heterocycles. The predicted molar refractivity (Wildman–Crippen MR) is 75.2 cm³/mol. The Morgan fingerprint density at radius 1 is 1.20 bits per heavy atom. The molecule has 9 heteroatoms. The molecule has 0 aromatic carbocycles. The van der Waals surface area contributed by atoms with E-state index >= 15 is 0 Å². The molecule has 0 aliphatic carbocycles. The summed E-state index contributed by atoms with van der Waals surface area (Å²) < 4.78 is 0. The highest BCUT2D eigenvalue weighted by molar-refractivity contribution is 7.80. The van der Waals surface area contributed by atoms with E-state index < -0.39 is 42.5 Å². The molecule has 0 fully saturated rings. The summed E-state index contributed by atoms with van der Waals surface area (Å²) in [5, 5.41) is 22.3. The third-order valence-electron chi connectivity index (χ3n) is 2.58. The molecule has 0 aromatic rings. The number of amides is 2. The predicted octanol–water partition coefficient (Wildman–Crippen LogP) is -2.05. The van der Waals surface area contributed by atoms with Crippen molar-refractivity contribution >= 4 is 30.4 Å². The summed E-state index contributed by atoms with van der Waals surface area (Å²) >= 11 is 3.83. The lowest BCUT2D eigenvalue weighted by molar-refractivity contribution is -0.141. The van der Waals surface area contributed by atoms with Gasteiger partial charge in [0, 0.05) is 5.75 Å². The van der Waals surface area contributed by atoms with Crippen molar-refractivity contribution in [2.24, 2.45) is 11.7 Å². The van der Waals surface area contributed by atoms with Crippen LogP contribution in [0.15, 0.2) is 0 Å². The van der Waals surface area contributed by atoms with Gasteiger partial charge in [-0.3, -0.25) is 9.59 Å². The lowest BCUT2D eigenvalue weighted by Gasteiger charge is -2.24. The fraction of sp³-hybridized carbons (Fsp3) is 0.727. The molecule has 0 aromatic heterocycles. The zero-order valence-electron chi connectivity index (χ0n) is 11.4. The van der Waals surface area contributed by atoms with E-state index in [0.717, 1.165) is 0 Å². The summed E-state index contributed by atoms with van der Waals surface area (Å²) in [5.41, 5.74) is 5.34. The molecule has 0 saturated carbocycles. The molecule has 0 spiro atoms. The van der Waals surface area contributed by atoms with Gasteiger partial charge in [-0.05, 0) is 5.92 Å². The molecular weight excluding hydrogens is 286 g/mol. The van der Waals surface area contributed by atoms with Crippen LogP contribution in [0.1, 0.15) is 13.8 Å². The molecule has 0 rings (SSSR count). The molecule has 3 unspecified atom stereocenters. The molecule has 6 N–H and O–H groups in total. The maximum Gasteiger partial charge on any atom is 0.327 e. The molecule has 0 radical (unpaired) electrons. The quantitative estimate of drug-likeness (QED) is 0.285. The smallest absolute Gasteiger partial charge is 0.327 e. The maximum atomic E-state index is 12.0. The molecule has 3 atom stereocenters. The lowest BCUT2D eigenvalue weighted by Crippen LogP contribution is -2.57. The van der Waals surface area contributed by atoms with Gasteiger partial charge in [-0.25, -0.2) is 4.79 Å². The van der Waals surface area contributed by atoms with Gasteiger partial charge in [-0.2, -0.15) is 12.6 Å². The summed E-state index contributed by atoms with van der Waals surface area (Å²) in [4.78, 5) is 34.4. The minimum Gasteiger partial charge on any atom is -0.480 e. The van der Waals surface area contributed by atoms with E-state index in [2.05, 4.69) is 23.3 Å². The highest BCUT2D eigenvalue weighted by Gasteiger charge is 2.29. The van der Waals surface area contributed by atoms with Crippen molar-refractivity contribution in [3.8, 4) is 0 Å². The van der Waals surface area contributed by atoms with Gasteiger partial charge in [0.05, 0.1) is 6.61 Å². The van der Waals surface area contributed by atoms with Crippen molar-refractivity contribution in [2.45, 2.75) is 32.0 Å². The zero-order chi connectivity index (χ0) is 15.9. The minimum absolute atomic E-state index is 0.0734. The molecule has 0 heterocycles. The van der Waals surface area contributed by atoms with Crippen LogP contribution in [0, 0.1) is 5.92 Å². The zero-order valence-corrected chi connectivity index (χ0v) is 12.3. The van der Waals surface area contributed by atoms with Crippen LogP contribution in [0.25, 0.3) is 0 Å². The average molecular weight is 307 g/mol. The Labute approximate surface area is 122 Å². The number of aliphatic hydroxyl groups is 1. The van der Waals surface area contributed by atoms with E-state index in [1.807, 2.05) is 0 Å². The summed E-state index contributed by atoms with van der Waals surface area (Å²) in [6.45, 7) is 2.82. The number of carbonyl (C=O) groups excluding carboxylic acids is 2. The summed E-state index contributed by atoms with van der Waals surface area (Å²) in [7, 11) is 0. The van der Waals surface area contributed by atoms with Crippen LogP contribution >= 0.6 is 12.6 Å². The number of carboxylic acids is 1. The van der Waals surface area contributed by atoms with Crippen LogP contribution in [0.5, 0.6) is 0 Å². The van der Waals surface area contributed by atoms with Gasteiger partial charge < -0.3 is 26.6 Å². The Morgan fingerprint density at radius 3 is 2.10 bits per heavy atom. The Hall–Kier alpha value is -1.32. The van der Waals surface area contributed by atoms with Crippen LogP contribution in [-0.2, 0) is 14.4 Å². The first-order valence-electron chi connectivity index (χ1n) is 6.05. The van der Waals surface area contributed by atoms with Crippen LogP contribution in [0.4, 0.5) is 0 Å². The molecular formula is C11H21N3O5S.